The molecule has 1 N–H and O–H groups in total. The highest BCUT2D eigenvalue weighted by molar-refractivity contribution is 6.31. The van der Waals surface area contributed by atoms with Crippen molar-refractivity contribution in [1.29, 1.82) is 0 Å². The molecule has 8 heteroatoms. The van der Waals surface area contributed by atoms with Gasteiger partial charge in [0.05, 0.1) is 13.1 Å². The molecule has 0 aliphatic carbocycles. The molecule has 0 unspecified atom stereocenters. The van der Waals surface area contributed by atoms with Crippen molar-refractivity contribution >= 4 is 23.3 Å². The van der Waals surface area contributed by atoms with Gasteiger partial charge in [0.2, 0.25) is 0 Å². The molecule has 2 aromatic carbocycles. The summed E-state index contributed by atoms with van der Waals surface area (Å²) in [7, 11) is 1.57. The molecule has 0 radical (unpaired) electrons. The van der Waals surface area contributed by atoms with Crippen LogP contribution in [0.3, 0.4) is 0 Å². The molecule has 1 aromatic heterocycles. The average molecular weight is 403 g/mol. The lowest BCUT2D eigenvalue weighted by atomic mass is 10.2. The van der Waals surface area contributed by atoms with Crippen LogP contribution in [0.5, 0.6) is 5.75 Å². The standard InChI is InChI=1S/C20H20ClFN4O2/c1-25(14-17-18(21)7-3-8-19(17)22)20(27)24-15-5-2-6-16(13-15)28-12-11-26-10-4-9-23-26/h2-10,13H,11-12,14H2,1H3,(H,24,27). The summed E-state index contributed by atoms with van der Waals surface area (Å²) in [6.45, 7) is 1.12. The predicted octanol–water partition coefficient (Wildman–Crippen LogP) is 4.42. The maximum atomic E-state index is 13.9. The molecule has 1 heterocycles. The van der Waals surface area contributed by atoms with E-state index in [-0.39, 0.29) is 23.2 Å². The number of hydrogen-bond acceptors (Lipinski definition) is 3. The molecule has 0 bridgehead atoms. The summed E-state index contributed by atoms with van der Waals surface area (Å²) in [5, 5.41) is 7.16. The van der Waals surface area contributed by atoms with E-state index in [0.717, 1.165) is 0 Å². The fraction of sp³-hybridized carbons (Fsp3) is 0.200. The highest BCUT2D eigenvalue weighted by atomic mass is 35.5. The predicted molar refractivity (Wildman–Crippen MR) is 106 cm³/mol. The summed E-state index contributed by atoms with van der Waals surface area (Å²) < 4.78 is 21.4. The van der Waals surface area contributed by atoms with Crippen molar-refractivity contribution in [2.45, 2.75) is 13.1 Å². The van der Waals surface area contributed by atoms with Crippen LogP contribution >= 0.6 is 11.6 Å². The molecule has 2 amide bonds. The highest BCUT2D eigenvalue weighted by Gasteiger charge is 2.14. The number of ether oxygens (including phenoxy) is 1. The number of amides is 2. The van der Waals surface area contributed by atoms with Gasteiger partial charge in [0.25, 0.3) is 0 Å². The summed E-state index contributed by atoms with van der Waals surface area (Å²) in [5.41, 5.74) is 0.852. The number of benzene rings is 2. The quantitative estimate of drug-likeness (QED) is 0.636. The minimum atomic E-state index is -0.445. The minimum Gasteiger partial charge on any atom is -0.492 e. The molecular weight excluding hydrogens is 383 g/mol. The van der Waals surface area contributed by atoms with Crippen molar-refractivity contribution in [1.82, 2.24) is 14.7 Å². The summed E-state index contributed by atoms with van der Waals surface area (Å²) in [5.74, 6) is 0.185. The van der Waals surface area contributed by atoms with Gasteiger partial charge >= 0.3 is 6.03 Å². The van der Waals surface area contributed by atoms with Crippen LogP contribution in [0.2, 0.25) is 5.02 Å². The molecule has 28 heavy (non-hydrogen) atoms. The fourth-order valence-corrected chi connectivity index (χ4v) is 2.79. The van der Waals surface area contributed by atoms with E-state index in [2.05, 4.69) is 10.4 Å². The maximum Gasteiger partial charge on any atom is 0.321 e. The van der Waals surface area contributed by atoms with E-state index in [1.807, 2.05) is 18.3 Å². The van der Waals surface area contributed by atoms with Crippen molar-refractivity contribution in [3.63, 3.8) is 0 Å². The Morgan fingerprint density at radius 1 is 1.29 bits per heavy atom. The van der Waals surface area contributed by atoms with E-state index in [0.29, 0.717) is 24.6 Å². The van der Waals surface area contributed by atoms with Crippen LogP contribution in [-0.2, 0) is 13.1 Å². The smallest absolute Gasteiger partial charge is 0.321 e. The topological polar surface area (TPSA) is 59.4 Å². The number of anilines is 1. The molecule has 0 aliphatic heterocycles. The molecule has 6 nitrogen and oxygen atoms in total. The maximum absolute atomic E-state index is 13.9. The Kier molecular flexibility index (Phi) is 6.49. The first-order valence-electron chi connectivity index (χ1n) is 8.68. The molecule has 3 aromatic rings. The third-order valence-electron chi connectivity index (χ3n) is 4.04. The van der Waals surface area contributed by atoms with Gasteiger partial charge < -0.3 is 15.0 Å². The van der Waals surface area contributed by atoms with Gasteiger partial charge in [-0.2, -0.15) is 5.10 Å². The average Bonchev–Trinajstić information content (AvgIpc) is 3.18. The van der Waals surface area contributed by atoms with Crippen LogP contribution in [0.15, 0.2) is 60.9 Å². The molecule has 146 valence electrons. The normalized spacial score (nSPS) is 10.5. The van der Waals surface area contributed by atoms with E-state index < -0.39 is 5.82 Å². The molecule has 0 spiro atoms. The second-order valence-electron chi connectivity index (χ2n) is 6.13. The molecule has 3 rings (SSSR count). The van der Waals surface area contributed by atoms with Gasteiger partial charge in [-0.3, -0.25) is 4.68 Å². The third-order valence-corrected chi connectivity index (χ3v) is 4.39. The Morgan fingerprint density at radius 3 is 2.86 bits per heavy atom. The molecule has 0 saturated carbocycles. The van der Waals surface area contributed by atoms with Crippen LogP contribution in [-0.4, -0.2) is 34.4 Å². The Morgan fingerprint density at radius 2 is 2.11 bits per heavy atom. The van der Waals surface area contributed by atoms with Gasteiger partial charge in [-0.15, -0.1) is 0 Å². The van der Waals surface area contributed by atoms with Crippen LogP contribution in [0.4, 0.5) is 14.9 Å². The number of rotatable bonds is 7. The molecular formula is C20H20ClFN4O2. The van der Waals surface area contributed by atoms with Gasteiger partial charge in [0.15, 0.2) is 0 Å². The first kappa shape index (κ1) is 19.7. The lowest BCUT2D eigenvalue weighted by Gasteiger charge is -2.19. The zero-order valence-electron chi connectivity index (χ0n) is 15.3. The van der Waals surface area contributed by atoms with Crippen LogP contribution < -0.4 is 10.1 Å². The van der Waals surface area contributed by atoms with E-state index in [1.165, 1.54) is 17.0 Å². The number of halogens is 2. The van der Waals surface area contributed by atoms with Crippen LogP contribution in [0, 0.1) is 5.82 Å². The Balaban J connectivity index is 1.56. The van der Waals surface area contributed by atoms with Gasteiger partial charge in [-0.1, -0.05) is 23.7 Å². The van der Waals surface area contributed by atoms with Crippen molar-refractivity contribution in [3.8, 4) is 5.75 Å². The number of urea groups is 1. The van der Waals surface area contributed by atoms with E-state index in [1.54, 1.807) is 42.2 Å². The van der Waals surface area contributed by atoms with E-state index >= 15 is 0 Å². The number of carbonyl (C=O) groups is 1. The largest absolute Gasteiger partial charge is 0.492 e. The van der Waals surface area contributed by atoms with E-state index in [9.17, 15) is 9.18 Å². The van der Waals surface area contributed by atoms with Crippen molar-refractivity contribution in [2.75, 3.05) is 19.0 Å². The fourth-order valence-electron chi connectivity index (χ4n) is 2.56. The Hall–Kier alpha value is -3.06. The Bertz CT molecular complexity index is 913. The lowest BCUT2D eigenvalue weighted by Crippen LogP contribution is -2.31. The number of hydrogen-bond donors (Lipinski definition) is 1. The first-order valence-corrected chi connectivity index (χ1v) is 9.06. The van der Waals surface area contributed by atoms with Gasteiger partial charge in [-0.25, -0.2) is 9.18 Å². The third kappa shape index (κ3) is 5.23. The van der Waals surface area contributed by atoms with Crippen molar-refractivity contribution in [2.24, 2.45) is 0 Å². The van der Waals surface area contributed by atoms with Crippen LogP contribution in [0.1, 0.15) is 5.56 Å². The van der Waals surface area contributed by atoms with Gasteiger partial charge in [0.1, 0.15) is 18.2 Å². The summed E-state index contributed by atoms with van der Waals surface area (Å²) in [6.07, 6.45) is 3.57. The van der Waals surface area contributed by atoms with E-state index in [4.69, 9.17) is 16.3 Å². The number of nitrogens with zero attached hydrogens (tertiary/aromatic N) is 3. The van der Waals surface area contributed by atoms with Gasteiger partial charge in [0, 0.05) is 41.8 Å². The zero-order valence-corrected chi connectivity index (χ0v) is 16.1. The van der Waals surface area contributed by atoms with Crippen molar-refractivity contribution in [3.05, 3.63) is 77.3 Å². The monoisotopic (exact) mass is 402 g/mol. The molecule has 0 aliphatic rings. The zero-order chi connectivity index (χ0) is 19.9. The summed E-state index contributed by atoms with van der Waals surface area (Å²) in [6, 6.07) is 13.0. The van der Waals surface area contributed by atoms with Gasteiger partial charge in [-0.05, 0) is 30.3 Å². The SMILES string of the molecule is CN(Cc1c(F)cccc1Cl)C(=O)Nc1cccc(OCCn2cccn2)c1. The lowest BCUT2D eigenvalue weighted by molar-refractivity contribution is 0.220. The first-order chi connectivity index (χ1) is 13.5. The molecule has 0 fully saturated rings. The summed E-state index contributed by atoms with van der Waals surface area (Å²) >= 11 is 6.02. The molecule has 0 atom stereocenters. The minimum absolute atomic E-state index is 0.0530. The van der Waals surface area contributed by atoms with Crippen molar-refractivity contribution < 1.29 is 13.9 Å². The Labute approximate surface area is 167 Å². The highest BCUT2D eigenvalue weighted by Crippen LogP contribution is 2.21. The second-order valence-corrected chi connectivity index (χ2v) is 6.54. The second kappa shape index (κ2) is 9.23. The number of nitrogens with one attached hydrogen (secondary N) is 1. The number of carbonyl (C=O) groups excluding carboxylic acids is 1. The number of aromatic nitrogens is 2. The van der Waals surface area contributed by atoms with Crippen LogP contribution in [0.25, 0.3) is 0 Å². The summed E-state index contributed by atoms with van der Waals surface area (Å²) in [4.78, 5) is 13.8. The molecule has 0 saturated heterocycles.